The fourth-order valence-corrected chi connectivity index (χ4v) is 4.55. The van der Waals surface area contributed by atoms with Crippen molar-refractivity contribution >= 4 is 17.7 Å². The molecule has 170 valence electrons. The average Bonchev–Trinajstić information content (AvgIpc) is 3.35. The van der Waals surface area contributed by atoms with Crippen LogP contribution in [0.3, 0.4) is 0 Å². The lowest BCUT2D eigenvalue weighted by Crippen LogP contribution is -2.33. The Morgan fingerprint density at radius 2 is 1.73 bits per heavy atom. The number of tetrazole rings is 1. The third-order valence-electron chi connectivity index (χ3n) is 5.45. The predicted molar refractivity (Wildman–Crippen MR) is 127 cm³/mol. The van der Waals surface area contributed by atoms with Gasteiger partial charge in [-0.15, -0.1) is 5.10 Å². The number of carbonyl (C=O) groups is 1. The highest BCUT2D eigenvalue weighted by Gasteiger charge is 2.26. The molecule has 10 heteroatoms. The summed E-state index contributed by atoms with van der Waals surface area (Å²) in [6, 6.07) is 19.2. The van der Waals surface area contributed by atoms with E-state index in [1.54, 1.807) is 21.3 Å². The maximum Gasteiger partial charge on any atom is 0.297 e. The lowest BCUT2D eigenvalue weighted by molar-refractivity contribution is -0.129. The molecule has 0 saturated heterocycles. The molecule has 0 aliphatic rings. The highest BCUT2D eigenvalue weighted by Crippen LogP contribution is 2.25. The molecule has 0 aliphatic heterocycles. The predicted octanol–water partition coefficient (Wildman–Crippen LogP) is 2.60. The number of benzene rings is 2. The molecule has 4 rings (SSSR count). The van der Waals surface area contributed by atoms with E-state index in [1.807, 2.05) is 81.6 Å². The smallest absolute Gasteiger partial charge is 0.297 e. The van der Waals surface area contributed by atoms with Crippen LogP contribution in [0.2, 0.25) is 0 Å². The first kappa shape index (κ1) is 22.5. The van der Waals surface area contributed by atoms with Crippen LogP contribution < -0.4 is 5.56 Å². The maximum absolute atomic E-state index is 13.3. The zero-order valence-electron chi connectivity index (χ0n) is 18.9. The van der Waals surface area contributed by atoms with Crippen LogP contribution in [0.25, 0.3) is 11.4 Å². The molecule has 0 radical (unpaired) electrons. The number of amides is 1. The number of hydrogen-bond acceptors (Lipinski definition) is 6. The fourth-order valence-electron chi connectivity index (χ4n) is 3.64. The summed E-state index contributed by atoms with van der Waals surface area (Å²) >= 11 is 1.23. The van der Waals surface area contributed by atoms with E-state index in [1.165, 1.54) is 16.4 Å². The third-order valence-corrected chi connectivity index (χ3v) is 6.47. The van der Waals surface area contributed by atoms with Crippen molar-refractivity contribution in [1.29, 1.82) is 0 Å². The van der Waals surface area contributed by atoms with E-state index < -0.39 is 5.25 Å². The average molecular weight is 464 g/mol. The number of thioether (sulfide) groups is 1. The van der Waals surface area contributed by atoms with Crippen molar-refractivity contribution in [3.63, 3.8) is 0 Å². The molecule has 0 spiro atoms. The van der Waals surface area contributed by atoms with Crippen LogP contribution in [0, 0.1) is 6.92 Å². The molecule has 2 heterocycles. The zero-order chi connectivity index (χ0) is 23.5. The van der Waals surface area contributed by atoms with Gasteiger partial charge in [-0.3, -0.25) is 14.3 Å². The van der Waals surface area contributed by atoms with E-state index in [0.717, 1.165) is 11.3 Å². The van der Waals surface area contributed by atoms with Crippen molar-refractivity contribution < 1.29 is 4.79 Å². The standard InChI is InChI=1S/C23H25N7O2S/c1-16-20(22(32)30(28(16)4)19-13-9-6-10-14-19)29-23(24-25-26-29)33-17(2)21(31)27(3)15-18-11-7-5-8-12-18/h5-14,17H,15H2,1-4H3. The summed E-state index contributed by atoms with van der Waals surface area (Å²) in [6.45, 7) is 4.16. The van der Waals surface area contributed by atoms with Gasteiger partial charge in [0.2, 0.25) is 11.1 Å². The van der Waals surface area contributed by atoms with Gasteiger partial charge >= 0.3 is 0 Å². The highest BCUT2D eigenvalue weighted by atomic mass is 32.2. The Kier molecular flexibility index (Phi) is 6.45. The lowest BCUT2D eigenvalue weighted by Gasteiger charge is -2.20. The largest absolute Gasteiger partial charge is 0.340 e. The fraction of sp³-hybridized carbons (Fsp3) is 0.261. The molecule has 0 saturated carbocycles. The molecule has 1 unspecified atom stereocenters. The van der Waals surface area contributed by atoms with Gasteiger partial charge < -0.3 is 4.90 Å². The van der Waals surface area contributed by atoms with Crippen LogP contribution in [0.4, 0.5) is 0 Å². The topological polar surface area (TPSA) is 90.8 Å². The Balaban J connectivity index is 1.59. The number of aromatic nitrogens is 6. The minimum Gasteiger partial charge on any atom is -0.340 e. The normalized spacial score (nSPS) is 12.0. The molecular formula is C23H25N7O2S. The number of carbonyl (C=O) groups excluding carboxylic acids is 1. The van der Waals surface area contributed by atoms with Crippen LogP contribution >= 0.6 is 11.8 Å². The molecule has 1 amide bonds. The second-order valence-electron chi connectivity index (χ2n) is 7.72. The highest BCUT2D eigenvalue weighted by molar-refractivity contribution is 8.00. The van der Waals surface area contributed by atoms with Gasteiger partial charge in [0.1, 0.15) is 0 Å². The Labute approximate surface area is 195 Å². The Morgan fingerprint density at radius 3 is 2.39 bits per heavy atom. The van der Waals surface area contributed by atoms with E-state index in [9.17, 15) is 9.59 Å². The summed E-state index contributed by atoms with van der Waals surface area (Å²) in [5.41, 5.74) is 2.62. The molecule has 33 heavy (non-hydrogen) atoms. The van der Waals surface area contributed by atoms with Crippen molar-refractivity contribution in [3.8, 4) is 11.4 Å². The Hall–Kier alpha value is -3.66. The van der Waals surface area contributed by atoms with E-state index in [2.05, 4.69) is 15.5 Å². The minimum atomic E-state index is -0.441. The number of para-hydroxylation sites is 1. The van der Waals surface area contributed by atoms with E-state index in [-0.39, 0.29) is 11.5 Å². The molecule has 4 aromatic rings. The Morgan fingerprint density at radius 1 is 1.09 bits per heavy atom. The van der Waals surface area contributed by atoms with Gasteiger partial charge in [0.05, 0.1) is 16.6 Å². The van der Waals surface area contributed by atoms with Gasteiger partial charge in [0, 0.05) is 20.6 Å². The Bertz CT molecular complexity index is 1310. The van der Waals surface area contributed by atoms with Crippen LogP contribution in [0.15, 0.2) is 70.6 Å². The molecular weight excluding hydrogens is 438 g/mol. The van der Waals surface area contributed by atoms with Gasteiger partial charge in [0.25, 0.3) is 5.56 Å². The van der Waals surface area contributed by atoms with Crippen molar-refractivity contribution in [3.05, 3.63) is 82.3 Å². The van der Waals surface area contributed by atoms with E-state index in [4.69, 9.17) is 0 Å². The minimum absolute atomic E-state index is 0.0510. The van der Waals surface area contributed by atoms with Gasteiger partial charge in [-0.25, -0.2) is 4.68 Å². The molecule has 2 aromatic carbocycles. The molecule has 9 nitrogen and oxygen atoms in total. The maximum atomic E-state index is 13.3. The number of hydrogen-bond donors (Lipinski definition) is 0. The summed E-state index contributed by atoms with van der Waals surface area (Å²) in [5, 5.41) is 11.9. The van der Waals surface area contributed by atoms with Crippen LogP contribution in [-0.4, -0.2) is 52.7 Å². The summed E-state index contributed by atoms with van der Waals surface area (Å²) in [4.78, 5) is 28.0. The monoisotopic (exact) mass is 463 g/mol. The third kappa shape index (κ3) is 4.47. The molecule has 0 aliphatic carbocycles. The first-order chi connectivity index (χ1) is 15.9. The van der Waals surface area contributed by atoms with Crippen molar-refractivity contribution in [2.45, 2.75) is 30.8 Å². The summed E-state index contributed by atoms with van der Waals surface area (Å²) in [6.07, 6.45) is 0. The zero-order valence-corrected chi connectivity index (χ0v) is 19.7. The summed E-state index contributed by atoms with van der Waals surface area (Å²) in [7, 11) is 3.59. The quantitative estimate of drug-likeness (QED) is 0.391. The second-order valence-corrected chi connectivity index (χ2v) is 9.03. The van der Waals surface area contributed by atoms with E-state index >= 15 is 0 Å². The molecule has 1 atom stereocenters. The van der Waals surface area contributed by atoms with Crippen LogP contribution in [0.5, 0.6) is 0 Å². The van der Waals surface area contributed by atoms with Gasteiger partial charge in [-0.05, 0) is 42.0 Å². The lowest BCUT2D eigenvalue weighted by atomic mass is 10.2. The van der Waals surface area contributed by atoms with Crippen molar-refractivity contribution in [2.75, 3.05) is 7.05 Å². The molecule has 0 N–H and O–H groups in total. The summed E-state index contributed by atoms with van der Waals surface area (Å²) in [5.74, 6) is -0.0510. The number of nitrogens with zero attached hydrogens (tertiary/aromatic N) is 7. The van der Waals surface area contributed by atoms with Crippen molar-refractivity contribution in [1.82, 2.24) is 34.5 Å². The van der Waals surface area contributed by atoms with Crippen molar-refractivity contribution in [2.24, 2.45) is 7.05 Å². The second kappa shape index (κ2) is 9.45. The SMILES string of the molecule is Cc1c(-n2nnnc2SC(C)C(=O)N(C)Cc2ccccc2)c(=O)n(-c2ccccc2)n1C. The van der Waals surface area contributed by atoms with Gasteiger partial charge in [0.15, 0.2) is 5.69 Å². The van der Waals surface area contributed by atoms with Gasteiger partial charge in [-0.1, -0.05) is 60.3 Å². The molecule has 0 fully saturated rings. The van der Waals surface area contributed by atoms with Crippen LogP contribution in [0.1, 0.15) is 18.2 Å². The first-order valence-electron chi connectivity index (χ1n) is 10.5. The van der Waals surface area contributed by atoms with E-state index in [0.29, 0.717) is 23.1 Å². The van der Waals surface area contributed by atoms with Gasteiger partial charge in [-0.2, -0.15) is 4.68 Å². The summed E-state index contributed by atoms with van der Waals surface area (Å²) < 4.78 is 4.76. The molecule has 0 bridgehead atoms. The number of rotatable bonds is 7. The van der Waals surface area contributed by atoms with Crippen LogP contribution in [-0.2, 0) is 18.4 Å². The molecule has 2 aromatic heterocycles. The first-order valence-corrected chi connectivity index (χ1v) is 11.3.